The molecule has 2 saturated heterocycles. The van der Waals surface area contributed by atoms with Crippen LogP contribution >= 0.6 is 0 Å². The second-order valence-electron chi connectivity index (χ2n) is 8.66. The van der Waals surface area contributed by atoms with Crippen LogP contribution in [0.4, 0.5) is 14.9 Å². The van der Waals surface area contributed by atoms with Crippen LogP contribution in [0.3, 0.4) is 0 Å². The summed E-state index contributed by atoms with van der Waals surface area (Å²) in [5, 5.41) is 9.21. The van der Waals surface area contributed by atoms with Crippen LogP contribution < -0.4 is 20.1 Å². The van der Waals surface area contributed by atoms with Gasteiger partial charge in [0.05, 0.1) is 11.9 Å². The molecule has 0 bridgehead atoms. The highest BCUT2D eigenvalue weighted by molar-refractivity contribution is 5.96. The molecule has 2 fully saturated rings. The van der Waals surface area contributed by atoms with Gasteiger partial charge in [-0.2, -0.15) is 0 Å². The summed E-state index contributed by atoms with van der Waals surface area (Å²) in [7, 11) is 0. The fourth-order valence-corrected chi connectivity index (χ4v) is 4.59. The second-order valence-corrected chi connectivity index (χ2v) is 8.66. The first-order valence-corrected chi connectivity index (χ1v) is 11.1. The number of amides is 2. The Bertz CT molecular complexity index is 1250. The quantitative estimate of drug-likeness (QED) is 0.551. The van der Waals surface area contributed by atoms with E-state index in [9.17, 15) is 19.1 Å². The zero-order valence-corrected chi connectivity index (χ0v) is 18.6. The van der Waals surface area contributed by atoms with E-state index < -0.39 is 17.8 Å². The fourth-order valence-electron chi connectivity index (χ4n) is 4.59. The van der Waals surface area contributed by atoms with E-state index in [1.807, 2.05) is 0 Å². The third-order valence-electron chi connectivity index (χ3n) is 6.29. The summed E-state index contributed by atoms with van der Waals surface area (Å²) in [6.45, 7) is 2.38. The van der Waals surface area contributed by atoms with E-state index in [0.717, 1.165) is 5.69 Å². The van der Waals surface area contributed by atoms with Crippen molar-refractivity contribution in [2.75, 3.05) is 31.1 Å². The van der Waals surface area contributed by atoms with E-state index >= 15 is 0 Å². The maximum absolute atomic E-state index is 13.3. The first kappa shape index (κ1) is 22.5. The number of halogens is 1. The maximum atomic E-state index is 13.3. The summed E-state index contributed by atoms with van der Waals surface area (Å²) in [5.41, 5.74) is 6.48. The maximum Gasteiger partial charge on any atom is 0.407 e. The Hall–Kier alpha value is -4.34. The van der Waals surface area contributed by atoms with Crippen molar-refractivity contribution in [3.63, 3.8) is 0 Å². The van der Waals surface area contributed by atoms with Gasteiger partial charge in [0.1, 0.15) is 28.6 Å². The largest absolute Gasteiger partial charge is 0.465 e. The number of anilines is 1. The molecule has 2 aliphatic rings. The third-order valence-corrected chi connectivity index (χ3v) is 6.29. The Labute approximate surface area is 200 Å². The van der Waals surface area contributed by atoms with Crippen molar-refractivity contribution in [3.05, 3.63) is 72.2 Å². The molecule has 9 nitrogen and oxygen atoms in total. The lowest BCUT2D eigenvalue weighted by molar-refractivity contribution is 0.0997. The minimum absolute atomic E-state index is 0.0801. The molecule has 1 aromatic heterocycles. The number of primary amides is 1. The number of nitrogens with zero attached hydrogens (tertiary/aromatic N) is 3. The van der Waals surface area contributed by atoms with Crippen LogP contribution in [-0.2, 0) is 0 Å². The topological polar surface area (TPSA) is 118 Å². The highest BCUT2D eigenvalue weighted by atomic mass is 19.1. The molecule has 35 heavy (non-hydrogen) atoms. The Morgan fingerprint density at radius 3 is 2.20 bits per heavy atom. The Morgan fingerprint density at radius 1 is 0.943 bits per heavy atom. The minimum Gasteiger partial charge on any atom is -0.465 e. The number of hydrogen-bond acceptors (Lipinski definition) is 6. The number of nitrogens with two attached hydrogens (primary N) is 1. The smallest absolute Gasteiger partial charge is 0.407 e. The standard InChI is InChI=1S/C25H23FN4O5/c26-17-2-1-3-21(8-17)34-19-4-6-20(7-5-19)35-24-22(23(27)31)9-18(10-28-24)29-11-15-13-30(25(32)33)14-16(15)12-29/h1-10,15-16H,11-14H2,(H2,27,31)(H,32,33). The molecule has 2 atom stereocenters. The number of carboxylic acid groups (broad SMARTS) is 1. The molecule has 0 saturated carbocycles. The van der Waals surface area contributed by atoms with Gasteiger partial charge in [-0.1, -0.05) is 6.07 Å². The zero-order valence-electron chi connectivity index (χ0n) is 18.6. The van der Waals surface area contributed by atoms with Crippen LogP contribution in [0.15, 0.2) is 60.8 Å². The van der Waals surface area contributed by atoms with Gasteiger partial charge in [-0.3, -0.25) is 4.79 Å². The lowest BCUT2D eigenvalue weighted by atomic mass is 10.0. The van der Waals surface area contributed by atoms with Gasteiger partial charge < -0.3 is 30.1 Å². The van der Waals surface area contributed by atoms with Crippen LogP contribution in [-0.4, -0.2) is 53.2 Å². The van der Waals surface area contributed by atoms with E-state index in [0.29, 0.717) is 43.4 Å². The van der Waals surface area contributed by atoms with E-state index in [1.165, 1.54) is 17.0 Å². The van der Waals surface area contributed by atoms with Crippen molar-refractivity contribution in [2.45, 2.75) is 0 Å². The molecular formula is C25H23FN4O5. The molecule has 2 aliphatic heterocycles. The van der Waals surface area contributed by atoms with Gasteiger partial charge in [0.2, 0.25) is 5.88 Å². The molecule has 3 heterocycles. The molecule has 5 rings (SSSR count). The summed E-state index contributed by atoms with van der Waals surface area (Å²) in [6, 6.07) is 14.1. The summed E-state index contributed by atoms with van der Waals surface area (Å²) < 4.78 is 24.8. The minimum atomic E-state index is -0.890. The van der Waals surface area contributed by atoms with E-state index in [-0.39, 0.29) is 23.3 Å². The zero-order chi connectivity index (χ0) is 24.5. The highest BCUT2D eigenvalue weighted by Crippen LogP contribution is 2.35. The number of hydrogen-bond donors (Lipinski definition) is 2. The first-order valence-electron chi connectivity index (χ1n) is 11.1. The molecule has 0 radical (unpaired) electrons. The van der Waals surface area contributed by atoms with Crippen LogP contribution in [0, 0.1) is 17.7 Å². The van der Waals surface area contributed by atoms with Crippen LogP contribution in [0.2, 0.25) is 0 Å². The number of rotatable bonds is 6. The van der Waals surface area contributed by atoms with Crippen molar-refractivity contribution < 1.29 is 28.6 Å². The lowest BCUT2D eigenvalue weighted by Crippen LogP contribution is -2.32. The van der Waals surface area contributed by atoms with Gasteiger partial charge in [-0.25, -0.2) is 14.2 Å². The SMILES string of the molecule is NC(=O)c1cc(N2CC3CN(C(=O)O)CC3C2)cnc1Oc1ccc(Oc2cccc(F)c2)cc1. The molecular weight excluding hydrogens is 455 g/mol. The number of benzene rings is 2. The number of ether oxygens (including phenoxy) is 2. The van der Waals surface area contributed by atoms with E-state index in [1.54, 1.807) is 48.7 Å². The van der Waals surface area contributed by atoms with Gasteiger partial charge in [-0.05, 0) is 42.5 Å². The average molecular weight is 478 g/mol. The summed E-state index contributed by atoms with van der Waals surface area (Å²) >= 11 is 0. The molecule has 180 valence electrons. The van der Waals surface area contributed by atoms with Gasteiger partial charge in [0, 0.05) is 44.1 Å². The Morgan fingerprint density at radius 2 is 1.60 bits per heavy atom. The van der Waals surface area contributed by atoms with E-state index in [2.05, 4.69) is 9.88 Å². The van der Waals surface area contributed by atoms with Gasteiger partial charge in [0.25, 0.3) is 5.91 Å². The first-order chi connectivity index (χ1) is 16.9. The fraction of sp³-hybridized carbons (Fsp3) is 0.240. The molecule has 0 spiro atoms. The molecule has 2 aromatic carbocycles. The van der Waals surface area contributed by atoms with Crippen molar-refractivity contribution >= 4 is 17.7 Å². The van der Waals surface area contributed by atoms with Crippen molar-refractivity contribution in [2.24, 2.45) is 17.6 Å². The van der Waals surface area contributed by atoms with Crippen molar-refractivity contribution in [3.8, 4) is 23.1 Å². The summed E-state index contributed by atoms with van der Waals surface area (Å²) in [4.78, 5) is 31.2. The summed E-state index contributed by atoms with van der Waals surface area (Å²) in [5.74, 6) is 0.780. The Kier molecular flexibility index (Phi) is 5.86. The monoisotopic (exact) mass is 478 g/mol. The highest BCUT2D eigenvalue weighted by Gasteiger charge is 2.42. The molecule has 3 aromatic rings. The normalized spacial score (nSPS) is 18.9. The average Bonchev–Trinajstić information content (AvgIpc) is 3.40. The molecule has 0 aliphatic carbocycles. The second kappa shape index (κ2) is 9.13. The number of fused-ring (bicyclic) bond motifs is 1. The molecule has 2 amide bonds. The number of pyridine rings is 1. The predicted octanol–water partition coefficient (Wildman–Crippen LogP) is 3.95. The molecule has 3 N–H and O–H groups in total. The van der Waals surface area contributed by atoms with Crippen LogP contribution in [0.5, 0.6) is 23.1 Å². The molecule has 10 heteroatoms. The van der Waals surface area contributed by atoms with E-state index in [4.69, 9.17) is 15.2 Å². The molecule has 2 unspecified atom stereocenters. The lowest BCUT2D eigenvalue weighted by Gasteiger charge is -2.22. The third kappa shape index (κ3) is 4.81. The Balaban J connectivity index is 1.27. The number of carbonyl (C=O) groups excluding carboxylic acids is 1. The van der Waals surface area contributed by atoms with Crippen LogP contribution in [0.25, 0.3) is 0 Å². The number of carbonyl (C=O) groups is 2. The predicted molar refractivity (Wildman–Crippen MR) is 125 cm³/mol. The summed E-state index contributed by atoms with van der Waals surface area (Å²) in [6.07, 6.45) is 0.734. The van der Waals surface area contributed by atoms with Crippen molar-refractivity contribution in [1.29, 1.82) is 0 Å². The van der Waals surface area contributed by atoms with Gasteiger partial charge in [-0.15, -0.1) is 0 Å². The number of aromatic nitrogens is 1. The van der Waals surface area contributed by atoms with Gasteiger partial charge in [0.15, 0.2) is 0 Å². The van der Waals surface area contributed by atoms with Crippen LogP contribution in [0.1, 0.15) is 10.4 Å². The van der Waals surface area contributed by atoms with Crippen molar-refractivity contribution in [1.82, 2.24) is 9.88 Å². The van der Waals surface area contributed by atoms with Gasteiger partial charge >= 0.3 is 6.09 Å². The number of likely N-dealkylation sites (tertiary alicyclic amines) is 1.